The van der Waals surface area contributed by atoms with Crippen LogP contribution in [0.3, 0.4) is 0 Å². The standard InChI is InChI=1S/C21H33N5O2/c1-6-22-20(24-15-21(4,27)18-12-25-26(5)13-18)23-11-17-7-9-19(10-8-17)28-14-16(2)3/h7-10,12-13,16,27H,6,11,14-15H2,1-5H3,(H2,22,23,24). The van der Waals surface area contributed by atoms with Crippen molar-refractivity contribution in [3.8, 4) is 5.75 Å². The van der Waals surface area contributed by atoms with E-state index in [0.29, 0.717) is 31.6 Å². The van der Waals surface area contributed by atoms with Gasteiger partial charge in [-0.15, -0.1) is 0 Å². The van der Waals surface area contributed by atoms with Crippen LogP contribution in [0.1, 0.15) is 38.8 Å². The minimum absolute atomic E-state index is 0.326. The molecule has 0 spiro atoms. The Labute approximate surface area is 167 Å². The lowest BCUT2D eigenvalue weighted by Gasteiger charge is -2.23. The molecule has 2 rings (SSSR count). The predicted molar refractivity (Wildman–Crippen MR) is 112 cm³/mol. The maximum absolute atomic E-state index is 10.7. The molecule has 1 atom stereocenters. The summed E-state index contributed by atoms with van der Waals surface area (Å²) in [7, 11) is 1.83. The molecule has 0 bridgehead atoms. The van der Waals surface area contributed by atoms with Gasteiger partial charge in [-0.05, 0) is 37.5 Å². The Balaban J connectivity index is 1.94. The monoisotopic (exact) mass is 387 g/mol. The van der Waals surface area contributed by atoms with Gasteiger partial charge < -0.3 is 20.5 Å². The van der Waals surface area contributed by atoms with Crippen molar-refractivity contribution in [1.82, 2.24) is 20.4 Å². The lowest BCUT2D eigenvalue weighted by Crippen LogP contribution is -2.44. The van der Waals surface area contributed by atoms with Gasteiger partial charge in [0.15, 0.2) is 5.96 Å². The molecule has 1 aromatic heterocycles. The topological polar surface area (TPSA) is 83.7 Å². The number of ether oxygens (including phenoxy) is 1. The zero-order valence-corrected chi connectivity index (χ0v) is 17.6. The minimum Gasteiger partial charge on any atom is -0.493 e. The van der Waals surface area contributed by atoms with E-state index in [9.17, 15) is 5.11 Å². The van der Waals surface area contributed by atoms with Crippen molar-refractivity contribution in [2.75, 3.05) is 19.7 Å². The Morgan fingerprint density at radius 1 is 1.29 bits per heavy atom. The molecule has 0 fully saturated rings. The molecule has 7 heteroatoms. The molecule has 3 N–H and O–H groups in total. The van der Waals surface area contributed by atoms with Crippen LogP contribution in [0.25, 0.3) is 0 Å². The molecule has 0 aliphatic rings. The summed E-state index contributed by atoms with van der Waals surface area (Å²) in [5, 5.41) is 21.3. The van der Waals surface area contributed by atoms with Crippen molar-refractivity contribution in [3.05, 3.63) is 47.8 Å². The first kappa shape index (κ1) is 21.8. The van der Waals surface area contributed by atoms with Gasteiger partial charge in [0.05, 0.1) is 25.9 Å². The van der Waals surface area contributed by atoms with E-state index in [1.165, 1.54) is 0 Å². The number of benzene rings is 1. The number of aliphatic hydroxyl groups is 1. The van der Waals surface area contributed by atoms with Gasteiger partial charge in [-0.3, -0.25) is 4.68 Å². The summed E-state index contributed by atoms with van der Waals surface area (Å²) in [5.74, 6) is 2.03. The van der Waals surface area contributed by atoms with E-state index in [-0.39, 0.29) is 0 Å². The molecule has 154 valence electrons. The number of aryl methyl sites for hydroxylation is 1. The zero-order chi connectivity index (χ0) is 20.6. The van der Waals surface area contributed by atoms with Crippen molar-refractivity contribution >= 4 is 5.96 Å². The smallest absolute Gasteiger partial charge is 0.191 e. The lowest BCUT2D eigenvalue weighted by atomic mass is 10.00. The lowest BCUT2D eigenvalue weighted by molar-refractivity contribution is 0.0616. The third-order valence-electron chi connectivity index (χ3n) is 4.20. The molecule has 0 saturated carbocycles. The fourth-order valence-electron chi connectivity index (χ4n) is 2.52. The van der Waals surface area contributed by atoms with Gasteiger partial charge >= 0.3 is 0 Å². The summed E-state index contributed by atoms with van der Waals surface area (Å²) < 4.78 is 7.39. The van der Waals surface area contributed by atoms with Crippen LogP contribution in [0.2, 0.25) is 0 Å². The van der Waals surface area contributed by atoms with Gasteiger partial charge in [0.1, 0.15) is 11.4 Å². The van der Waals surface area contributed by atoms with E-state index in [2.05, 4.69) is 34.6 Å². The summed E-state index contributed by atoms with van der Waals surface area (Å²) in [6.45, 7) is 10.3. The van der Waals surface area contributed by atoms with Crippen LogP contribution in [0.4, 0.5) is 0 Å². The first-order valence-electron chi connectivity index (χ1n) is 9.75. The molecule has 1 heterocycles. The number of hydrogen-bond donors (Lipinski definition) is 3. The molecular formula is C21H33N5O2. The van der Waals surface area contributed by atoms with Gasteiger partial charge in [0, 0.05) is 25.4 Å². The normalized spacial score (nSPS) is 14.0. The number of hydrogen-bond acceptors (Lipinski definition) is 4. The third-order valence-corrected chi connectivity index (χ3v) is 4.20. The van der Waals surface area contributed by atoms with Gasteiger partial charge in [-0.25, -0.2) is 4.99 Å². The molecule has 0 radical (unpaired) electrons. The summed E-state index contributed by atoms with van der Waals surface area (Å²) in [6, 6.07) is 7.99. The summed E-state index contributed by atoms with van der Waals surface area (Å²) in [5.41, 5.74) is 0.809. The molecule has 0 saturated heterocycles. The molecule has 0 amide bonds. The molecular weight excluding hydrogens is 354 g/mol. The Bertz CT molecular complexity index is 750. The maximum atomic E-state index is 10.7. The first-order valence-corrected chi connectivity index (χ1v) is 9.75. The number of nitrogens with one attached hydrogen (secondary N) is 2. The van der Waals surface area contributed by atoms with Crippen LogP contribution in [0.15, 0.2) is 41.7 Å². The number of nitrogens with zero attached hydrogens (tertiary/aromatic N) is 3. The molecule has 1 unspecified atom stereocenters. The van der Waals surface area contributed by atoms with Crippen LogP contribution in [0, 0.1) is 5.92 Å². The van der Waals surface area contributed by atoms with Crippen molar-refractivity contribution < 1.29 is 9.84 Å². The summed E-state index contributed by atoms with van der Waals surface area (Å²) in [6.07, 6.45) is 3.49. The van der Waals surface area contributed by atoms with Crippen molar-refractivity contribution in [3.63, 3.8) is 0 Å². The quantitative estimate of drug-likeness (QED) is 0.455. The Morgan fingerprint density at radius 2 is 2.00 bits per heavy atom. The highest BCUT2D eigenvalue weighted by Crippen LogP contribution is 2.18. The highest BCUT2D eigenvalue weighted by Gasteiger charge is 2.24. The second-order valence-corrected chi connectivity index (χ2v) is 7.57. The summed E-state index contributed by atoms with van der Waals surface area (Å²) >= 11 is 0. The van der Waals surface area contributed by atoms with Crippen molar-refractivity contribution in [2.45, 2.75) is 39.8 Å². The van der Waals surface area contributed by atoms with Crippen LogP contribution in [0.5, 0.6) is 5.75 Å². The third kappa shape index (κ3) is 6.88. The van der Waals surface area contributed by atoms with Crippen LogP contribution < -0.4 is 15.4 Å². The van der Waals surface area contributed by atoms with Crippen LogP contribution >= 0.6 is 0 Å². The molecule has 1 aromatic carbocycles. The zero-order valence-electron chi connectivity index (χ0n) is 17.6. The number of aromatic nitrogens is 2. The molecule has 2 aromatic rings. The fourth-order valence-corrected chi connectivity index (χ4v) is 2.52. The van der Waals surface area contributed by atoms with E-state index < -0.39 is 5.60 Å². The number of rotatable bonds is 9. The Morgan fingerprint density at radius 3 is 2.57 bits per heavy atom. The summed E-state index contributed by atoms with van der Waals surface area (Å²) in [4.78, 5) is 4.61. The molecule has 0 aliphatic heterocycles. The fraction of sp³-hybridized carbons (Fsp3) is 0.524. The largest absolute Gasteiger partial charge is 0.493 e. The van der Waals surface area contributed by atoms with Crippen LogP contribution in [-0.2, 0) is 19.2 Å². The van der Waals surface area contributed by atoms with E-state index in [0.717, 1.165) is 23.4 Å². The van der Waals surface area contributed by atoms with E-state index in [1.54, 1.807) is 17.8 Å². The molecule has 28 heavy (non-hydrogen) atoms. The highest BCUT2D eigenvalue weighted by molar-refractivity contribution is 5.79. The number of aliphatic imine (C=N–C) groups is 1. The van der Waals surface area contributed by atoms with Gasteiger partial charge in [-0.1, -0.05) is 26.0 Å². The van der Waals surface area contributed by atoms with Crippen LogP contribution in [-0.4, -0.2) is 40.5 Å². The number of guanidine groups is 1. The van der Waals surface area contributed by atoms with E-state index in [4.69, 9.17) is 4.74 Å². The second kappa shape index (κ2) is 10.1. The SMILES string of the molecule is CCNC(=NCc1ccc(OCC(C)C)cc1)NCC(C)(O)c1cnn(C)c1. The molecule has 7 nitrogen and oxygen atoms in total. The van der Waals surface area contributed by atoms with E-state index in [1.807, 2.05) is 44.4 Å². The second-order valence-electron chi connectivity index (χ2n) is 7.57. The van der Waals surface area contributed by atoms with Gasteiger partial charge in [-0.2, -0.15) is 5.10 Å². The van der Waals surface area contributed by atoms with Crippen molar-refractivity contribution in [2.24, 2.45) is 18.0 Å². The minimum atomic E-state index is -1.04. The predicted octanol–water partition coefficient (Wildman–Crippen LogP) is 2.42. The van der Waals surface area contributed by atoms with Gasteiger partial charge in [0.2, 0.25) is 0 Å². The van der Waals surface area contributed by atoms with Crippen molar-refractivity contribution in [1.29, 1.82) is 0 Å². The maximum Gasteiger partial charge on any atom is 0.191 e. The Hall–Kier alpha value is -2.54. The first-order chi connectivity index (χ1) is 13.3. The average Bonchev–Trinajstić information content (AvgIpc) is 3.10. The Kier molecular flexibility index (Phi) is 7.87. The molecule has 0 aliphatic carbocycles. The average molecular weight is 388 g/mol. The van der Waals surface area contributed by atoms with E-state index >= 15 is 0 Å². The highest BCUT2D eigenvalue weighted by atomic mass is 16.5. The van der Waals surface area contributed by atoms with Gasteiger partial charge in [0.25, 0.3) is 0 Å².